The zero-order valence-electron chi connectivity index (χ0n) is 19.1. The van der Waals surface area contributed by atoms with Gasteiger partial charge in [-0.05, 0) is 72.6 Å². The molecule has 0 aromatic carbocycles. The van der Waals surface area contributed by atoms with E-state index in [0.717, 1.165) is 84.0 Å². The number of aliphatic imine (C=N–C) groups is 1. The summed E-state index contributed by atoms with van der Waals surface area (Å²) in [5, 5.41) is 6.72. The lowest BCUT2D eigenvalue weighted by Crippen LogP contribution is -2.44. The number of hydrogen-bond acceptors (Lipinski definition) is 4. The number of nitrogens with one attached hydrogen (secondary N) is 2. The Morgan fingerprint density at radius 1 is 1.21 bits per heavy atom. The Morgan fingerprint density at radius 3 is 2.62 bits per heavy atom. The number of rotatable bonds is 10. The predicted molar refractivity (Wildman–Crippen MR) is 130 cm³/mol. The molecule has 1 amide bonds. The van der Waals surface area contributed by atoms with Crippen LogP contribution in [0.25, 0.3) is 0 Å². The zero-order valence-corrected chi connectivity index (χ0v) is 21.4. The molecule has 0 bridgehead atoms. The van der Waals surface area contributed by atoms with Crippen molar-refractivity contribution in [1.29, 1.82) is 0 Å². The summed E-state index contributed by atoms with van der Waals surface area (Å²) < 4.78 is 10.9. The largest absolute Gasteiger partial charge is 0.444 e. The molecule has 1 aliphatic heterocycles. The highest BCUT2D eigenvalue weighted by Crippen LogP contribution is 2.21. The second-order valence-electron chi connectivity index (χ2n) is 8.31. The monoisotopic (exact) mass is 526 g/mol. The van der Waals surface area contributed by atoms with Gasteiger partial charge in [0, 0.05) is 45.9 Å². The van der Waals surface area contributed by atoms with E-state index >= 15 is 0 Å². The van der Waals surface area contributed by atoms with E-state index in [1.165, 1.54) is 0 Å². The van der Waals surface area contributed by atoms with Crippen LogP contribution in [0.15, 0.2) is 4.99 Å². The summed E-state index contributed by atoms with van der Waals surface area (Å²) in [6, 6.07) is 0. The third kappa shape index (κ3) is 14.0. The normalized spacial score (nSPS) is 17.5. The molecule has 1 unspecified atom stereocenters. The van der Waals surface area contributed by atoms with Gasteiger partial charge in [-0.15, -0.1) is 24.0 Å². The molecule has 1 aliphatic rings. The first kappa shape index (κ1) is 28.2. The van der Waals surface area contributed by atoms with E-state index in [0.29, 0.717) is 5.92 Å². The number of ether oxygens (including phenoxy) is 2. The van der Waals surface area contributed by atoms with Crippen molar-refractivity contribution in [2.75, 3.05) is 45.9 Å². The number of hydrogen-bond donors (Lipinski definition) is 2. The molecule has 1 saturated heterocycles. The molecule has 8 heteroatoms. The lowest BCUT2D eigenvalue weighted by atomic mass is 9.95. The third-order valence-corrected chi connectivity index (χ3v) is 4.53. The molecule has 0 saturated carbocycles. The maximum Gasteiger partial charge on any atom is 0.410 e. The minimum atomic E-state index is -0.439. The van der Waals surface area contributed by atoms with Crippen LogP contribution >= 0.6 is 24.0 Å². The number of unbranched alkanes of at least 4 members (excludes halogenated alkanes) is 1. The topological polar surface area (TPSA) is 75.2 Å². The number of carbonyl (C=O) groups is 1. The van der Waals surface area contributed by atoms with Crippen LogP contribution in [0.1, 0.15) is 66.7 Å². The Bertz CT molecular complexity index is 469. The molecule has 0 spiro atoms. The summed E-state index contributed by atoms with van der Waals surface area (Å²) in [4.78, 5) is 18.8. The van der Waals surface area contributed by atoms with Gasteiger partial charge in [0.2, 0.25) is 0 Å². The molecule has 7 nitrogen and oxygen atoms in total. The van der Waals surface area contributed by atoms with Gasteiger partial charge in [-0.3, -0.25) is 4.99 Å². The molecular formula is C21H43IN4O3. The fourth-order valence-electron chi connectivity index (χ4n) is 3.18. The second kappa shape index (κ2) is 16.0. The highest BCUT2D eigenvalue weighted by atomic mass is 127. The SMILES string of the molecule is CCNC(=NCCCCOCC)NCCC1CCCN(C(=O)OC(C)(C)C)C1.I. The fraction of sp³-hybridized carbons (Fsp3) is 0.905. The zero-order chi connectivity index (χ0) is 20.8. The van der Waals surface area contributed by atoms with E-state index in [-0.39, 0.29) is 30.1 Å². The summed E-state index contributed by atoms with van der Waals surface area (Å²) in [6.45, 7) is 15.5. The number of halogens is 1. The number of likely N-dealkylation sites (tertiary alicyclic amines) is 1. The fourth-order valence-corrected chi connectivity index (χ4v) is 3.18. The molecule has 172 valence electrons. The Labute approximate surface area is 194 Å². The predicted octanol–water partition coefficient (Wildman–Crippen LogP) is 4.01. The van der Waals surface area contributed by atoms with Gasteiger partial charge in [0.15, 0.2) is 5.96 Å². The number of piperidine rings is 1. The number of nitrogens with zero attached hydrogens (tertiary/aromatic N) is 2. The maximum absolute atomic E-state index is 12.3. The van der Waals surface area contributed by atoms with Crippen molar-refractivity contribution in [1.82, 2.24) is 15.5 Å². The van der Waals surface area contributed by atoms with Gasteiger partial charge >= 0.3 is 6.09 Å². The summed E-state index contributed by atoms with van der Waals surface area (Å²) >= 11 is 0. The number of guanidine groups is 1. The minimum Gasteiger partial charge on any atom is -0.444 e. The van der Waals surface area contributed by atoms with Crippen molar-refractivity contribution in [2.24, 2.45) is 10.9 Å². The van der Waals surface area contributed by atoms with E-state index in [1.54, 1.807) is 0 Å². The third-order valence-electron chi connectivity index (χ3n) is 4.53. The van der Waals surface area contributed by atoms with Gasteiger partial charge in [0.05, 0.1) is 0 Å². The maximum atomic E-state index is 12.3. The van der Waals surface area contributed by atoms with E-state index < -0.39 is 5.60 Å². The first-order chi connectivity index (χ1) is 13.4. The Balaban J connectivity index is 0.00000784. The summed E-state index contributed by atoms with van der Waals surface area (Å²) in [7, 11) is 0. The van der Waals surface area contributed by atoms with Crippen LogP contribution in [0.3, 0.4) is 0 Å². The average molecular weight is 527 g/mol. The number of carbonyl (C=O) groups excluding carboxylic acids is 1. The quantitative estimate of drug-likeness (QED) is 0.195. The summed E-state index contributed by atoms with van der Waals surface area (Å²) in [5.74, 6) is 1.38. The van der Waals surface area contributed by atoms with E-state index in [1.807, 2.05) is 32.6 Å². The van der Waals surface area contributed by atoms with Crippen molar-refractivity contribution in [3.8, 4) is 0 Å². The highest BCUT2D eigenvalue weighted by Gasteiger charge is 2.27. The van der Waals surface area contributed by atoms with Crippen LogP contribution in [0.2, 0.25) is 0 Å². The van der Waals surface area contributed by atoms with E-state index in [2.05, 4.69) is 22.5 Å². The van der Waals surface area contributed by atoms with Gasteiger partial charge in [0.25, 0.3) is 0 Å². The first-order valence-corrected chi connectivity index (χ1v) is 10.9. The lowest BCUT2D eigenvalue weighted by Gasteiger charge is -2.34. The van der Waals surface area contributed by atoms with Gasteiger partial charge < -0.3 is 25.0 Å². The summed E-state index contributed by atoms with van der Waals surface area (Å²) in [5.41, 5.74) is -0.439. The van der Waals surface area contributed by atoms with Crippen molar-refractivity contribution in [2.45, 2.75) is 72.3 Å². The standard InChI is InChI=1S/C21H42N4O3.HI/c1-6-22-19(23-13-8-9-16-27-7-2)24-14-12-18-11-10-15-25(17-18)20(26)28-21(3,4)5;/h18H,6-17H2,1-5H3,(H2,22,23,24);1H. The van der Waals surface area contributed by atoms with Crippen LogP contribution in [-0.2, 0) is 9.47 Å². The van der Waals surface area contributed by atoms with E-state index in [9.17, 15) is 4.79 Å². The van der Waals surface area contributed by atoms with Gasteiger partial charge in [0.1, 0.15) is 5.60 Å². The van der Waals surface area contributed by atoms with Gasteiger partial charge in [-0.2, -0.15) is 0 Å². The molecule has 0 aromatic heterocycles. The molecule has 0 aliphatic carbocycles. The number of amides is 1. The molecule has 0 aromatic rings. The minimum absolute atomic E-state index is 0. The smallest absolute Gasteiger partial charge is 0.410 e. The van der Waals surface area contributed by atoms with Crippen LogP contribution in [-0.4, -0.2) is 68.5 Å². The molecule has 1 fully saturated rings. The molecule has 1 heterocycles. The van der Waals surface area contributed by atoms with Crippen LogP contribution < -0.4 is 10.6 Å². The van der Waals surface area contributed by atoms with Crippen molar-refractivity contribution in [3.05, 3.63) is 0 Å². The van der Waals surface area contributed by atoms with Crippen LogP contribution in [0.5, 0.6) is 0 Å². The van der Waals surface area contributed by atoms with E-state index in [4.69, 9.17) is 9.47 Å². The van der Waals surface area contributed by atoms with Crippen molar-refractivity contribution in [3.63, 3.8) is 0 Å². The lowest BCUT2D eigenvalue weighted by molar-refractivity contribution is 0.0162. The second-order valence-corrected chi connectivity index (χ2v) is 8.31. The van der Waals surface area contributed by atoms with Crippen LogP contribution in [0, 0.1) is 5.92 Å². The van der Waals surface area contributed by atoms with Crippen molar-refractivity contribution < 1.29 is 14.3 Å². The van der Waals surface area contributed by atoms with Crippen molar-refractivity contribution >= 4 is 36.0 Å². The first-order valence-electron chi connectivity index (χ1n) is 10.9. The molecule has 29 heavy (non-hydrogen) atoms. The van der Waals surface area contributed by atoms with Gasteiger partial charge in [-0.1, -0.05) is 0 Å². The summed E-state index contributed by atoms with van der Waals surface area (Å²) in [6.07, 6.45) is 5.11. The average Bonchev–Trinajstić information content (AvgIpc) is 2.63. The Morgan fingerprint density at radius 2 is 1.97 bits per heavy atom. The molecule has 0 radical (unpaired) electrons. The molecule has 1 atom stereocenters. The van der Waals surface area contributed by atoms with Crippen LogP contribution in [0.4, 0.5) is 4.79 Å². The highest BCUT2D eigenvalue weighted by molar-refractivity contribution is 14.0. The molecule has 2 N–H and O–H groups in total. The molecule has 1 rings (SSSR count). The molecular weight excluding hydrogens is 483 g/mol. The Hall–Kier alpha value is -0.770. The van der Waals surface area contributed by atoms with Gasteiger partial charge in [-0.25, -0.2) is 4.79 Å². The Kier molecular flexibility index (Phi) is 15.6.